The monoisotopic (exact) mass is 557 g/mol. The average Bonchev–Trinajstić information content (AvgIpc) is 2.99. The van der Waals surface area contributed by atoms with Gasteiger partial charge in [-0.2, -0.15) is 0 Å². The fraction of sp³-hybridized carbons (Fsp3) is 0.375. The number of hydrogen-bond donors (Lipinski definition) is 3. The Bertz CT molecular complexity index is 1290. The van der Waals surface area contributed by atoms with E-state index in [2.05, 4.69) is 17.4 Å². The van der Waals surface area contributed by atoms with E-state index in [0.29, 0.717) is 32.6 Å². The smallest absolute Gasteiger partial charge is 0.334 e. The van der Waals surface area contributed by atoms with Crippen molar-refractivity contribution in [3.63, 3.8) is 0 Å². The van der Waals surface area contributed by atoms with Crippen molar-refractivity contribution >= 4 is 11.9 Å². The molecule has 216 valence electrons. The second kappa shape index (κ2) is 13.2. The highest BCUT2D eigenvalue weighted by atomic mass is 16.3. The van der Waals surface area contributed by atoms with Gasteiger partial charge >= 0.3 is 6.03 Å². The lowest BCUT2D eigenvalue weighted by Gasteiger charge is -2.57. The van der Waals surface area contributed by atoms with E-state index in [0.717, 1.165) is 29.5 Å². The second-order valence-corrected chi connectivity index (χ2v) is 10.7. The summed E-state index contributed by atoms with van der Waals surface area (Å²) in [5.41, 5.74) is 3.03. The third-order valence-corrected chi connectivity index (χ3v) is 7.88. The third-order valence-electron chi connectivity index (χ3n) is 7.88. The summed E-state index contributed by atoms with van der Waals surface area (Å²) < 4.78 is 0. The van der Waals surface area contributed by atoms with Crippen LogP contribution in [0.15, 0.2) is 84.9 Å². The van der Waals surface area contributed by atoms with Gasteiger partial charge in [0.25, 0.3) is 0 Å². The number of rotatable bonds is 9. The van der Waals surface area contributed by atoms with Crippen molar-refractivity contribution in [2.24, 2.45) is 0 Å². The quantitative estimate of drug-likeness (QED) is 0.374. The van der Waals surface area contributed by atoms with Gasteiger partial charge in [-0.1, -0.05) is 79.7 Å². The molecule has 0 spiro atoms. The number of amides is 3. The van der Waals surface area contributed by atoms with Crippen molar-refractivity contribution in [2.75, 3.05) is 26.2 Å². The molecule has 3 aromatic carbocycles. The summed E-state index contributed by atoms with van der Waals surface area (Å²) in [5, 5.41) is 28.1. The molecule has 2 saturated heterocycles. The Labute approximate surface area is 241 Å². The minimum absolute atomic E-state index is 0.0614. The molecule has 0 saturated carbocycles. The number of piperazine rings is 1. The predicted octanol–water partition coefficient (Wildman–Crippen LogP) is 3.19. The van der Waals surface area contributed by atoms with Gasteiger partial charge in [0.15, 0.2) is 0 Å². The summed E-state index contributed by atoms with van der Waals surface area (Å²) in [6.07, 6.45) is 0.390. The fourth-order valence-corrected chi connectivity index (χ4v) is 5.84. The molecular weight excluding hydrogens is 518 g/mol. The Balaban J connectivity index is 1.45. The molecular formula is C32H39N5O4. The lowest BCUT2D eigenvalue weighted by molar-refractivity contribution is -0.210. The predicted molar refractivity (Wildman–Crippen MR) is 156 cm³/mol. The van der Waals surface area contributed by atoms with Crippen molar-refractivity contribution < 1.29 is 19.8 Å². The van der Waals surface area contributed by atoms with E-state index in [1.165, 1.54) is 0 Å². The summed E-state index contributed by atoms with van der Waals surface area (Å²) in [7, 11) is 0. The number of carbonyl (C=O) groups excluding carboxylic acids is 2. The van der Waals surface area contributed by atoms with Crippen molar-refractivity contribution in [3.05, 3.63) is 102 Å². The molecule has 0 aromatic heterocycles. The number of aliphatic hydroxyl groups is 1. The highest BCUT2D eigenvalue weighted by molar-refractivity contribution is 5.83. The molecule has 3 atom stereocenters. The molecule has 1 unspecified atom stereocenters. The Morgan fingerprint density at radius 3 is 2.22 bits per heavy atom. The standard InChI is InChI=1S/C32H39N5O4/c1-2-18-35-23-30(39)36-28(20-25-13-15-27(38)16-14-25)31(40)34(19-17-24-9-5-3-6-10-24)22-29(36)37(35)32(41)33-21-26-11-7-4-8-12-26/h3-16,28-29,31,38,40H,2,17-23H2,1H3,(H,33,41)/t28-,29-,31?/m0/s1. The Kier molecular flexibility index (Phi) is 9.18. The molecule has 2 aliphatic rings. The molecule has 0 bridgehead atoms. The van der Waals surface area contributed by atoms with E-state index in [1.807, 2.05) is 77.5 Å². The maximum absolute atomic E-state index is 13.8. The molecule has 3 N–H and O–H groups in total. The SMILES string of the molecule is CCCN1CC(=O)N2[C@@H](Cc3ccc(O)cc3)C(O)N(CCc3ccccc3)C[C@@H]2N1C(=O)NCc1ccccc1. The summed E-state index contributed by atoms with van der Waals surface area (Å²) in [6.45, 7) is 3.92. The van der Waals surface area contributed by atoms with Crippen molar-refractivity contribution in [1.82, 2.24) is 25.1 Å². The normalized spacial score (nSPS) is 21.5. The molecule has 2 heterocycles. The van der Waals surface area contributed by atoms with E-state index >= 15 is 0 Å². The van der Waals surface area contributed by atoms with Crippen molar-refractivity contribution in [3.8, 4) is 5.75 Å². The van der Waals surface area contributed by atoms with Crippen LogP contribution in [0.2, 0.25) is 0 Å². The maximum Gasteiger partial charge on any atom is 0.334 e. The van der Waals surface area contributed by atoms with Crippen LogP contribution in [-0.2, 0) is 24.2 Å². The number of hydrazine groups is 1. The first kappa shape index (κ1) is 28.6. The van der Waals surface area contributed by atoms with Crippen molar-refractivity contribution in [1.29, 1.82) is 0 Å². The average molecular weight is 558 g/mol. The lowest BCUT2D eigenvalue weighted by Crippen LogP contribution is -2.77. The van der Waals surface area contributed by atoms with Gasteiger partial charge in [0.05, 0.1) is 12.6 Å². The third kappa shape index (κ3) is 6.70. The van der Waals surface area contributed by atoms with Crippen LogP contribution < -0.4 is 5.32 Å². The van der Waals surface area contributed by atoms with Gasteiger partial charge < -0.3 is 20.4 Å². The van der Waals surface area contributed by atoms with Gasteiger partial charge in [-0.3, -0.25) is 9.69 Å². The van der Waals surface area contributed by atoms with Crippen molar-refractivity contribution in [2.45, 2.75) is 51.2 Å². The van der Waals surface area contributed by atoms with Gasteiger partial charge in [0.1, 0.15) is 18.1 Å². The number of aliphatic hydroxyl groups excluding tert-OH is 1. The fourth-order valence-electron chi connectivity index (χ4n) is 5.84. The molecule has 41 heavy (non-hydrogen) atoms. The number of hydrogen-bond acceptors (Lipinski definition) is 6. The summed E-state index contributed by atoms with van der Waals surface area (Å²) in [6, 6.07) is 25.8. The largest absolute Gasteiger partial charge is 0.508 e. The van der Waals surface area contributed by atoms with E-state index in [-0.39, 0.29) is 24.2 Å². The molecule has 3 aromatic rings. The van der Waals surface area contributed by atoms with Gasteiger partial charge in [-0.15, -0.1) is 0 Å². The second-order valence-electron chi connectivity index (χ2n) is 10.7. The van der Waals surface area contributed by atoms with E-state index in [4.69, 9.17) is 0 Å². The number of nitrogens with zero attached hydrogens (tertiary/aromatic N) is 4. The van der Waals surface area contributed by atoms with Crippen LogP contribution in [0.3, 0.4) is 0 Å². The minimum Gasteiger partial charge on any atom is -0.508 e. The Hall–Kier alpha value is -3.92. The van der Waals surface area contributed by atoms with Crippen LogP contribution in [0.1, 0.15) is 30.0 Å². The zero-order valence-corrected chi connectivity index (χ0v) is 23.5. The highest BCUT2D eigenvalue weighted by Gasteiger charge is 2.51. The number of fused-ring (bicyclic) bond motifs is 1. The first-order valence-corrected chi connectivity index (χ1v) is 14.4. The van der Waals surface area contributed by atoms with E-state index < -0.39 is 18.4 Å². The van der Waals surface area contributed by atoms with Gasteiger partial charge in [-0.05, 0) is 48.1 Å². The maximum atomic E-state index is 13.8. The van der Waals surface area contributed by atoms with Gasteiger partial charge in [-0.25, -0.2) is 14.8 Å². The summed E-state index contributed by atoms with van der Waals surface area (Å²) >= 11 is 0. The first-order chi connectivity index (χ1) is 19.9. The topological polar surface area (TPSA) is 99.6 Å². The number of carbonyl (C=O) groups is 2. The number of phenolic OH excluding ortho intramolecular Hbond substituents is 1. The molecule has 9 nitrogen and oxygen atoms in total. The van der Waals surface area contributed by atoms with Crippen LogP contribution in [0.25, 0.3) is 0 Å². The van der Waals surface area contributed by atoms with Crippen LogP contribution >= 0.6 is 0 Å². The first-order valence-electron chi connectivity index (χ1n) is 14.4. The number of aromatic hydroxyl groups is 1. The number of nitrogens with one attached hydrogen (secondary N) is 1. The van der Waals surface area contributed by atoms with E-state index in [1.54, 1.807) is 22.0 Å². The Morgan fingerprint density at radius 1 is 0.902 bits per heavy atom. The minimum atomic E-state index is -0.917. The lowest BCUT2D eigenvalue weighted by atomic mass is 9.97. The summed E-state index contributed by atoms with van der Waals surface area (Å²) in [4.78, 5) is 31.2. The number of benzene rings is 3. The number of phenols is 1. The summed E-state index contributed by atoms with van der Waals surface area (Å²) in [5.74, 6) is 0.0481. The Morgan fingerprint density at radius 2 is 1.56 bits per heavy atom. The van der Waals surface area contributed by atoms with Crippen LogP contribution in [0.4, 0.5) is 4.79 Å². The zero-order valence-electron chi connectivity index (χ0n) is 23.5. The van der Waals surface area contributed by atoms with E-state index in [9.17, 15) is 19.8 Å². The van der Waals surface area contributed by atoms with Gasteiger partial charge in [0, 0.05) is 26.2 Å². The molecule has 0 radical (unpaired) electrons. The van der Waals surface area contributed by atoms with Gasteiger partial charge in [0.2, 0.25) is 5.91 Å². The number of urea groups is 1. The zero-order chi connectivity index (χ0) is 28.8. The molecule has 2 aliphatic heterocycles. The molecule has 9 heteroatoms. The molecule has 0 aliphatic carbocycles. The molecule has 3 amide bonds. The van der Waals surface area contributed by atoms with Crippen LogP contribution in [0.5, 0.6) is 5.75 Å². The molecule has 2 fully saturated rings. The highest BCUT2D eigenvalue weighted by Crippen LogP contribution is 2.31. The van der Waals surface area contributed by atoms with Crippen LogP contribution in [-0.4, -0.2) is 86.6 Å². The molecule has 5 rings (SSSR count). The van der Waals surface area contributed by atoms with Crippen LogP contribution in [0, 0.1) is 0 Å².